The lowest BCUT2D eigenvalue weighted by Crippen LogP contribution is -2.15. The van der Waals surface area contributed by atoms with Crippen molar-refractivity contribution in [3.63, 3.8) is 0 Å². The van der Waals surface area contributed by atoms with Gasteiger partial charge in [0.1, 0.15) is 17.9 Å². The summed E-state index contributed by atoms with van der Waals surface area (Å²) in [6.07, 6.45) is 0.603. The van der Waals surface area contributed by atoms with Crippen LogP contribution in [0, 0.1) is 5.92 Å². The lowest BCUT2D eigenvalue weighted by molar-refractivity contribution is 0.00207. The van der Waals surface area contributed by atoms with E-state index < -0.39 is 42.3 Å². The summed E-state index contributed by atoms with van der Waals surface area (Å²) >= 11 is 0. The second-order valence-corrected chi connectivity index (χ2v) is 11.4. The zero-order chi connectivity index (χ0) is 23.0. The van der Waals surface area contributed by atoms with E-state index >= 15 is 0 Å². The number of ether oxygens (including phenoxy) is 1. The molecular weight excluding hydrogens is 481 g/mol. The molecule has 3 rings (SSSR count). The van der Waals surface area contributed by atoms with E-state index in [0.29, 0.717) is 23.4 Å². The predicted octanol–water partition coefficient (Wildman–Crippen LogP) is 1.77. The molecule has 1 fully saturated rings. The minimum Gasteiger partial charge on any atom is -0.382 e. The third-order valence-corrected chi connectivity index (χ3v) is 8.60. The van der Waals surface area contributed by atoms with Gasteiger partial charge in [0.2, 0.25) is 0 Å². The Hall–Kier alpha value is -1.21. The van der Waals surface area contributed by atoms with Crippen molar-refractivity contribution in [2.45, 2.75) is 25.6 Å². The molecule has 2 aromatic heterocycles. The van der Waals surface area contributed by atoms with Gasteiger partial charge in [0.05, 0.1) is 18.4 Å². The molecule has 1 saturated heterocycles. The lowest BCUT2D eigenvalue weighted by atomic mass is 10.00. The van der Waals surface area contributed by atoms with Crippen molar-refractivity contribution < 1.29 is 50.8 Å². The number of nitrogen functional groups attached to an aromatic ring is 1. The lowest BCUT2D eigenvalue weighted by Gasteiger charge is -2.19. The first-order valence-electron chi connectivity index (χ1n) is 8.67. The predicted molar refractivity (Wildman–Crippen MR) is 103 cm³/mol. The van der Waals surface area contributed by atoms with Crippen molar-refractivity contribution in [2.24, 2.45) is 5.92 Å². The molecule has 0 amide bonds. The van der Waals surface area contributed by atoms with Gasteiger partial charge in [0.25, 0.3) is 0 Å². The van der Waals surface area contributed by atoms with Crippen LogP contribution in [0.1, 0.15) is 25.1 Å². The molecule has 0 spiro atoms. The number of hydrogen-bond donors (Lipinski definition) is 4. The molecular formula is C13H21N4O11P3. The third kappa shape index (κ3) is 5.98. The Labute approximate surface area is 175 Å². The fourth-order valence-electron chi connectivity index (χ4n) is 3.10. The van der Waals surface area contributed by atoms with Gasteiger partial charge < -0.3 is 25.2 Å². The minimum absolute atomic E-state index is 0.0452. The molecule has 18 heteroatoms. The highest BCUT2D eigenvalue weighted by atomic mass is 31.3. The maximum atomic E-state index is 12.0. The minimum atomic E-state index is -5.46. The van der Waals surface area contributed by atoms with E-state index in [-0.39, 0.29) is 5.92 Å². The Morgan fingerprint density at radius 2 is 1.87 bits per heavy atom. The van der Waals surface area contributed by atoms with Gasteiger partial charge in [-0.2, -0.15) is 13.7 Å². The van der Waals surface area contributed by atoms with Crippen molar-refractivity contribution in [1.82, 2.24) is 14.6 Å². The number of fused-ring (bicyclic) bond motifs is 1. The number of phosphoric acid groups is 3. The molecule has 1 aliphatic rings. The molecule has 0 aliphatic carbocycles. The van der Waals surface area contributed by atoms with Gasteiger partial charge in [-0.3, -0.25) is 9.05 Å². The zero-order valence-corrected chi connectivity index (χ0v) is 18.9. The van der Waals surface area contributed by atoms with Crippen molar-refractivity contribution in [2.75, 3.05) is 19.5 Å². The SMILES string of the molecule is COP(=O)(O)OP(=O)(O)OP(=O)(O)OC[C@@H]1C[C@H](C)[C@H](c2ccc3c(N)ncnn23)O1. The average molecular weight is 502 g/mol. The van der Waals surface area contributed by atoms with Crippen LogP contribution >= 0.6 is 23.5 Å². The summed E-state index contributed by atoms with van der Waals surface area (Å²) in [5.74, 6) is 0.248. The van der Waals surface area contributed by atoms with Crippen molar-refractivity contribution in [1.29, 1.82) is 0 Å². The van der Waals surface area contributed by atoms with Gasteiger partial charge in [-0.1, -0.05) is 6.92 Å². The number of nitrogens with zero attached hydrogens (tertiary/aromatic N) is 3. The highest BCUT2D eigenvalue weighted by Crippen LogP contribution is 2.67. The summed E-state index contributed by atoms with van der Waals surface area (Å²) in [5.41, 5.74) is 7.11. The standard InChI is InChI=1S/C13H21N4O11P3/c1-8-5-9(6-25-30(20,21)28-31(22,23)27-29(18,19)24-2)26-12(8)10-3-4-11-13(14)15-7-16-17(10)11/h3-4,7-9,12H,5-6H2,1-2H3,(H,18,19)(H,20,21)(H,22,23)(H2,14,15,16)/t8-,9-,12+/m0/s1. The maximum Gasteiger partial charge on any atom is 0.490 e. The third-order valence-electron chi connectivity index (χ3n) is 4.36. The highest BCUT2D eigenvalue weighted by Gasteiger charge is 2.43. The fourth-order valence-corrected chi connectivity index (χ4v) is 6.39. The Bertz CT molecular complexity index is 1090. The quantitative estimate of drug-likeness (QED) is 0.360. The molecule has 0 saturated carbocycles. The second kappa shape index (κ2) is 8.97. The Kier molecular flexibility index (Phi) is 7.07. The van der Waals surface area contributed by atoms with Gasteiger partial charge in [0.15, 0.2) is 5.82 Å². The van der Waals surface area contributed by atoms with Crippen LogP contribution in [-0.4, -0.2) is 49.1 Å². The molecule has 0 radical (unpaired) electrons. The van der Waals surface area contributed by atoms with E-state index in [1.165, 1.54) is 6.33 Å². The van der Waals surface area contributed by atoms with Crippen LogP contribution in [-0.2, 0) is 36.1 Å². The smallest absolute Gasteiger partial charge is 0.382 e. The van der Waals surface area contributed by atoms with Crippen LogP contribution in [0.2, 0.25) is 0 Å². The maximum absolute atomic E-state index is 12.0. The molecule has 174 valence electrons. The first-order chi connectivity index (χ1) is 14.3. The molecule has 3 unspecified atom stereocenters. The van der Waals surface area contributed by atoms with Gasteiger partial charge in [-0.25, -0.2) is 23.2 Å². The molecule has 2 aromatic rings. The summed E-state index contributed by atoms with van der Waals surface area (Å²) in [4.78, 5) is 32.0. The number of nitrogens with two attached hydrogens (primary N) is 1. The second-order valence-electron chi connectivity index (χ2n) is 6.64. The van der Waals surface area contributed by atoms with E-state index in [1.54, 1.807) is 16.6 Å². The van der Waals surface area contributed by atoms with Crippen molar-refractivity contribution in [3.8, 4) is 0 Å². The molecule has 1 aliphatic heterocycles. The molecule has 3 heterocycles. The van der Waals surface area contributed by atoms with Crippen LogP contribution in [0.25, 0.3) is 5.52 Å². The largest absolute Gasteiger partial charge is 0.490 e. The summed E-state index contributed by atoms with van der Waals surface area (Å²) in [7, 11) is -14.9. The Morgan fingerprint density at radius 3 is 2.55 bits per heavy atom. The molecule has 5 N–H and O–H groups in total. The number of hydrogen-bond acceptors (Lipinski definition) is 11. The highest BCUT2D eigenvalue weighted by molar-refractivity contribution is 7.66. The number of phosphoric ester groups is 2. The van der Waals surface area contributed by atoms with Crippen LogP contribution in [0.5, 0.6) is 0 Å². The monoisotopic (exact) mass is 502 g/mol. The molecule has 0 aromatic carbocycles. The molecule has 15 nitrogen and oxygen atoms in total. The van der Waals surface area contributed by atoms with Crippen LogP contribution in [0.15, 0.2) is 18.5 Å². The first kappa shape index (κ1) is 24.4. The van der Waals surface area contributed by atoms with Gasteiger partial charge >= 0.3 is 23.5 Å². The number of aromatic nitrogens is 3. The van der Waals surface area contributed by atoms with Gasteiger partial charge in [-0.05, 0) is 24.5 Å². The number of anilines is 1. The Morgan fingerprint density at radius 1 is 1.19 bits per heavy atom. The van der Waals surface area contributed by atoms with Gasteiger partial charge in [-0.15, -0.1) is 0 Å². The van der Waals surface area contributed by atoms with E-state index in [9.17, 15) is 23.5 Å². The molecule has 6 atom stereocenters. The van der Waals surface area contributed by atoms with Crippen LogP contribution in [0.3, 0.4) is 0 Å². The molecule has 31 heavy (non-hydrogen) atoms. The number of rotatable bonds is 9. The van der Waals surface area contributed by atoms with Crippen molar-refractivity contribution in [3.05, 3.63) is 24.2 Å². The Balaban J connectivity index is 1.62. The van der Waals surface area contributed by atoms with E-state index in [0.717, 1.165) is 7.11 Å². The van der Waals surface area contributed by atoms with E-state index in [1.807, 2.05) is 6.92 Å². The van der Waals surface area contributed by atoms with Crippen molar-refractivity contribution >= 4 is 34.8 Å². The van der Waals surface area contributed by atoms with Gasteiger partial charge in [0, 0.05) is 7.11 Å². The average Bonchev–Trinajstić information content (AvgIpc) is 3.22. The van der Waals surface area contributed by atoms with Crippen LogP contribution < -0.4 is 5.73 Å². The molecule has 0 bridgehead atoms. The summed E-state index contributed by atoms with van der Waals surface area (Å²) < 4.78 is 58.7. The summed E-state index contributed by atoms with van der Waals surface area (Å²) in [6.45, 7) is 1.42. The first-order valence-corrected chi connectivity index (χ1v) is 13.2. The van der Waals surface area contributed by atoms with E-state index in [2.05, 4.69) is 23.2 Å². The fraction of sp³-hybridized carbons (Fsp3) is 0.538. The van der Waals surface area contributed by atoms with Crippen LogP contribution in [0.4, 0.5) is 5.82 Å². The zero-order valence-electron chi connectivity index (χ0n) is 16.2. The summed E-state index contributed by atoms with van der Waals surface area (Å²) in [6, 6.07) is 3.51. The normalized spacial score (nSPS) is 27.6. The summed E-state index contributed by atoms with van der Waals surface area (Å²) in [5, 5.41) is 4.15. The van der Waals surface area contributed by atoms with E-state index in [4.69, 9.17) is 19.9 Å². The topological polar surface area (TPSA) is 214 Å².